The SMILES string of the molecule is Cc1cccc([N+](=O)[O-])c1C=CCCNC(=O)OC(C)(C)C. The summed E-state index contributed by atoms with van der Waals surface area (Å²) in [6, 6.07) is 4.96. The van der Waals surface area contributed by atoms with Crippen molar-refractivity contribution in [3.8, 4) is 0 Å². The van der Waals surface area contributed by atoms with Gasteiger partial charge in [-0.05, 0) is 39.7 Å². The smallest absolute Gasteiger partial charge is 0.407 e. The quantitative estimate of drug-likeness (QED) is 0.509. The number of carbonyl (C=O) groups is 1. The van der Waals surface area contributed by atoms with Crippen molar-refractivity contribution in [2.24, 2.45) is 0 Å². The summed E-state index contributed by atoms with van der Waals surface area (Å²) in [7, 11) is 0. The van der Waals surface area contributed by atoms with Gasteiger partial charge in [0.2, 0.25) is 0 Å². The summed E-state index contributed by atoms with van der Waals surface area (Å²) in [5.41, 5.74) is 0.980. The first-order valence-corrected chi connectivity index (χ1v) is 7.08. The molecule has 0 radical (unpaired) electrons. The van der Waals surface area contributed by atoms with Crippen molar-refractivity contribution in [1.29, 1.82) is 0 Å². The van der Waals surface area contributed by atoms with Gasteiger partial charge in [-0.1, -0.05) is 24.3 Å². The third-order valence-electron chi connectivity index (χ3n) is 2.76. The Hall–Kier alpha value is -2.37. The van der Waals surface area contributed by atoms with Crippen molar-refractivity contribution in [2.45, 2.75) is 39.7 Å². The van der Waals surface area contributed by atoms with Gasteiger partial charge in [0.1, 0.15) is 5.60 Å². The lowest BCUT2D eigenvalue weighted by molar-refractivity contribution is -0.385. The Balaban J connectivity index is 2.54. The van der Waals surface area contributed by atoms with Gasteiger partial charge in [-0.25, -0.2) is 4.79 Å². The lowest BCUT2D eigenvalue weighted by atomic mass is 10.1. The molecule has 120 valence electrons. The number of nitrogens with zero attached hydrogens (tertiary/aromatic N) is 1. The summed E-state index contributed by atoms with van der Waals surface area (Å²) < 4.78 is 5.11. The number of aryl methyl sites for hydroxylation is 1. The van der Waals surface area contributed by atoms with Crippen LogP contribution in [-0.2, 0) is 4.74 Å². The zero-order chi connectivity index (χ0) is 16.8. The number of alkyl carbamates (subject to hydrolysis) is 1. The molecule has 0 aliphatic carbocycles. The van der Waals surface area contributed by atoms with Gasteiger partial charge < -0.3 is 10.1 Å². The number of nitro benzene ring substituents is 1. The van der Waals surface area contributed by atoms with Crippen LogP contribution in [0.2, 0.25) is 0 Å². The zero-order valence-electron chi connectivity index (χ0n) is 13.4. The molecule has 0 bridgehead atoms. The highest BCUT2D eigenvalue weighted by Crippen LogP contribution is 2.23. The van der Waals surface area contributed by atoms with Crippen LogP contribution >= 0.6 is 0 Å². The van der Waals surface area contributed by atoms with Crippen molar-refractivity contribution in [3.63, 3.8) is 0 Å². The Kier molecular flexibility index (Phi) is 6.10. The fourth-order valence-corrected chi connectivity index (χ4v) is 1.81. The molecular formula is C16H22N2O4. The number of nitro groups is 1. The number of benzene rings is 1. The molecule has 6 nitrogen and oxygen atoms in total. The molecule has 1 amide bonds. The second kappa shape index (κ2) is 7.59. The fourth-order valence-electron chi connectivity index (χ4n) is 1.81. The summed E-state index contributed by atoms with van der Waals surface area (Å²) in [5, 5.41) is 13.6. The van der Waals surface area contributed by atoms with Gasteiger partial charge in [-0.15, -0.1) is 0 Å². The lowest BCUT2D eigenvalue weighted by Crippen LogP contribution is -2.32. The van der Waals surface area contributed by atoms with E-state index < -0.39 is 16.6 Å². The highest BCUT2D eigenvalue weighted by molar-refractivity contribution is 5.67. The van der Waals surface area contributed by atoms with E-state index in [2.05, 4.69) is 5.32 Å². The van der Waals surface area contributed by atoms with E-state index in [1.54, 1.807) is 39.0 Å². The fraction of sp³-hybridized carbons (Fsp3) is 0.438. The van der Waals surface area contributed by atoms with Crippen molar-refractivity contribution in [2.75, 3.05) is 6.54 Å². The zero-order valence-corrected chi connectivity index (χ0v) is 13.4. The third-order valence-corrected chi connectivity index (χ3v) is 2.76. The van der Waals surface area contributed by atoms with Crippen molar-refractivity contribution < 1.29 is 14.5 Å². The monoisotopic (exact) mass is 306 g/mol. The number of hydrogen-bond donors (Lipinski definition) is 1. The maximum atomic E-state index is 11.4. The minimum atomic E-state index is -0.526. The molecule has 1 rings (SSSR count). The molecule has 0 fully saturated rings. The van der Waals surface area contributed by atoms with E-state index in [1.165, 1.54) is 6.07 Å². The molecule has 0 unspecified atom stereocenters. The van der Waals surface area contributed by atoms with E-state index in [4.69, 9.17) is 4.74 Å². The number of nitrogens with one attached hydrogen (secondary N) is 1. The minimum absolute atomic E-state index is 0.0800. The van der Waals surface area contributed by atoms with Crippen molar-refractivity contribution >= 4 is 17.9 Å². The predicted molar refractivity (Wildman–Crippen MR) is 85.7 cm³/mol. The minimum Gasteiger partial charge on any atom is -0.444 e. The number of carbonyl (C=O) groups excluding carboxylic acids is 1. The Labute approximate surface area is 130 Å². The van der Waals surface area contributed by atoms with Gasteiger partial charge in [-0.2, -0.15) is 0 Å². The molecule has 0 atom stereocenters. The Morgan fingerprint density at radius 3 is 2.68 bits per heavy atom. The first-order chi connectivity index (χ1) is 10.2. The van der Waals surface area contributed by atoms with Crippen LogP contribution in [-0.4, -0.2) is 23.2 Å². The molecule has 6 heteroatoms. The lowest BCUT2D eigenvalue weighted by Gasteiger charge is -2.19. The summed E-state index contributed by atoms with van der Waals surface area (Å²) in [6.07, 6.45) is 3.60. The molecule has 1 aromatic carbocycles. The van der Waals surface area contributed by atoms with Crippen LogP contribution in [0, 0.1) is 17.0 Å². The van der Waals surface area contributed by atoms with E-state index in [-0.39, 0.29) is 5.69 Å². The molecule has 0 aromatic heterocycles. The van der Waals surface area contributed by atoms with Gasteiger partial charge in [0.05, 0.1) is 10.5 Å². The van der Waals surface area contributed by atoms with Crippen LogP contribution in [0.5, 0.6) is 0 Å². The summed E-state index contributed by atoms with van der Waals surface area (Å²) in [4.78, 5) is 22.0. The topological polar surface area (TPSA) is 81.5 Å². The van der Waals surface area contributed by atoms with E-state index in [9.17, 15) is 14.9 Å². The maximum absolute atomic E-state index is 11.4. The number of amides is 1. The normalized spacial score (nSPS) is 11.5. The number of rotatable bonds is 5. The first kappa shape index (κ1) is 17.7. The van der Waals surface area contributed by atoms with E-state index in [0.717, 1.165) is 5.56 Å². The number of hydrogen-bond acceptors (Lipinski definition) is 4. The van der Waals surface area contributed by atoms with Crippen LogP contribution in [0.25, 0.3) is 6.08 Å². The summed E-state index contributed by atoms with van der Waals surface area (Å²) >= 11 is 0. The third kappa shape index (κ3) is 5.95. The molecular weight excluding hydrogens is 284 g/mol. The molecule has 0 saturated heterocycles. The second-order valence-corrected chi connectivity index (χ2v) is 5.88. The van der Waals surface area contributed by atoms with Crippen LogP contribution in [0.4, 0.5) is 10.5 Å². The van der Waals surface area contributed by atoms with E-state index >= 15 is 0 Å². The molecule has 1 N–H and O–H groups in total. The van der Waals surface area contributed by atoms with E-state index in [0.29, 0.717) is 18.5 Å². The van der Waals surface area contributed by atoms with Crippen molar-refractivity contribution in [1.82, 2.24) is 5.32 Å². The van der Waals surface area contributed by atoms with Crippen LogP contribution in [0.1, 0.15) is 38.3 Å². The van der Waals surface area contributed by atoms with Gasteiger partial charge >= 0.3 is 6.09 Å². The second-order valence-electron chi connectivity index (χ2n) is 5.88. The summed E-state index contributed by atoms with van der Waals surface area (Å²) in [5.74, 6) is 0. The van der Waals surface area contributed by atoms with Crippen LogP contribution in [0.3, 0.4) is 0 Å². The number of ether oxygens (including phenoxy) is 1. The molecule has 0 aliphatic heterocycles. The van der Waals surface area contributed by atoms with Crippen molar-refractivity contribution in [3.05, 3.63) is 45.5 Å². The largest absolute Gasteiger partial charge is 0.444 e. The Bertz CT molecular complexity index is 574. The average Bonchev–Trinajstić information content (AvgIpc) is 2.37. The summed E-state index contributed by atoms with van der Waals surface area (Å²) in [6.45, 7) is 7.62. The highest BCUT2D eigenvalue weighted by atomic mass is 16.6. The maximum Gasteiger partial charge on any atom is 0.407 e. The molecule has 1 aromatic rings. The first-order valence-electron chi connectivity index (χ1n) is 7.08. The highest BCUT2D eigenvalue weighted by Gasteiger charge is 2.15. The van der Waals surface area contributed by atoms with Crippen LogP contribution in [0.15, 0.2) is 24.3 Å². The predicted octanol–water partition coefficient (Wildman–Crippen LogP) is 3.83. The van der Waals surface area contributed by atoms with Crippen LogP contribution < -0.4 is 5.32 Å². The Morgan fingerprint density at radius 2 is 2.09 bits per heavy atom. The molecule has 0 saturated carbocycles. The average molecular weight is 306 g/mol. The van der Waals surface area contributed by atoms with Gasteiger partial charge in [0, 0.05) is 12.6 Å². The Morgan fingerprint density at radius 1 is 1.41 bits per heavy atom. The molecule has 0 aliphatic rings. The standard InChI is InChI=1S/C16H22N2O4/c1-12-8-7-10-14(18(20)21)13(12)9-5-6-11-17-15(19)22-16(2,3)4/h5,7-10H,6,11H2,1-4H3,(H,17,19). The van der Waals surface area contributed by atoms with E-state index in [1.807, 2.05) is 13.0 Å². The van der Waals surface area contributed by atoms with Gasteiger partial charge in [0.25, 0.3) is 5.69 Å². The van der Waals surface area contributed by atoms with Gasteiger partial charge in [0.15, 0.2) is 0 Å². The molecule has 0 heterocycles. The molecule has 22 heavy (non-hydrogen) atoms. The van der Waals surface area contributed by atoms with Gasteiger partial charge in [-0.3, -0.25) is 10.1 Å². The molecule has 0 spiro atoms.